The van der Waals surface area contributed by atoms with Crippen LogP contribution in [0.25, 0.3) is 0 Å². The highest BCUT2D eigenvalue weighted by molar-refractivity contribution is 6.58. The molecule has 0 aliphatic heterocycles. The summed E-state index contributed by atoms with van der Waals surface area (Å²) in [5.74, 6) is 0.632. The van der Waals surface area contributed by atoms with Gasteiger partial charge in [-0.25, -0.2) is 9.78 Å². The Morgan fingerprint density at radius 1 is 1.00 bits per heavy atom. The minimum absolute atomic E-state index is 0.340. The van der Waals surface area contributed by atoms with Crippen LogP contribution < -0.4 is 16.1 Å². The molecule has 0 aliphatic rings. The van der Waals surface area contributed by atoms with E-state index >= 15 is 0 Å². The summed E-state index contributed by atoms with van der Waals surface area (Å²) >= 11 is 0. The van der Waals surface area contributed by atoms with Crippen LogP contribution in [-0.2, 0) is 18.9 Å². The number of hydrogen-bond acceptors (Lipinski definition) is 9. The van der Waals surface area contributed by atoms with Gasteiger partial charge < -0.3 is 39.6 Å². The molecule has 1 rings (SSSR count). The van der Waals surface area contributed by atoms with Crippen LogP contribution in [0.3, 0.4) is 0 Å². The van der Waals surface area contributed by atoms with Gasteiger partial charge in [0, 0.05) is 24.7 Å². The summed E-state index contributed by atoms with van der Waals surface area (Å²) in [5.41, 5.74) is -0.170. The quantitative estimate of drug-likeness (QED) is 0.241. The van der Waals surface area contributed by atoms with Crippen molar-refractivity contribution in [2.45, 2.75) is 26.4 Å². The van der Waals surface area contributed by atoms with E-state index in [1.54, 1.807) is 12.1 Å². The highest BCUT2D eigenvalue weighted by Gasteiger charge is 2.15. The number of alkyl carbamates (subject to hydrolysis) is 1. The van der Waals surface area contributed by atoms with Crippen LogP contribution in [0.4, 0.5) is 10.6 Å². The molecule has 29 heavy (non-hydrogen) atoms. The predicted octanol–water partition coefficient (Wildman–Crippen LogP) is -0.252. The number of carbonyl (C=O) groups is 1. The second-order valence-electron chi connectivity index (χ2n) is 7.04. The Bertz CT molecular complexity index is 568. The molecule has 0 aliphatic carbocycles. The summed E-state index contributed by atoms with van der Waals surface area (Å²) in [6.07, 6.45) is 0.943. The van der Waals surface area contributed by atoms with Crippen molar-refractivity contribution in [3.63, 3.8) is 0 Å². The third kappa shape index (κ3) is 13.8. The number of nitrogens with one attached hydrogen (secondary N) is 2. The van der Waals surface area contributed by atoms with Crippen molar-refractivity contribution in [3.05, 3.63) is 18.3 Å². The van der Waals surface area contributed by atoms with E-state index in [1.807, 2.05) is 20.8 Å². The molecule has 4 N–H and O–H groups in total. The zero-order valence-electron chi connectivity index (χ0n) is 17.3. The summed E-state index contributed by atoms with van der Waals surface area (Å²) in [7, 11) is -1.51. The number of hydrogen-bond donors (Lipinski definition) is 4. The number of nitrogens with zero attached hydrogens (tertiary/aromatic N) is 1. The lowest BCUT2D eigenvalue weighted by atomic mass is 9.82. The van der Waals surface area contributed by atoms with Gasteiger partial charge in [0.15, 0.2) is 0 Å². The van der Waals surface area contributed by atoms with Gasteiger partial charge in [-0.15, -0.1) is 0 Å². The third-order valence-electron chi connectivity index (χ3n) is 3.30. The Morgan fingerprint density at radius 2 is 1.59 bits per heavy atom. The topological polar surface area (TPSA) is 131 Å². The van der Waals surface area contributed by atoms with Crippen molar-refractivity contribution >= 4 is 24.5 Å². The highest BCUT2D eigenvalue weighted by Crippen LogP contribution is 2.06. The molecule has 0 saturated heterocycles. The Kier molecular flexibility index (Phi) is 12.2. The first-order valence-corrected chi connectivity index (χ1v) is 9.54. The fraction of sp³-hybridized carbons (Fsp3) is 0.667. The molecule has 0 saturated carbocycles. The third-order valence-corrected chi connectivity index (χ3v) is 3.30. The number of aromatic nitrogens is 1. The minimum Gasteiger partial charge on any atom is -0.444 e. The Hall–Kier alpha value is -1.92. The maximum Gasteiger partial charge on any atom is 0.490 e. The summed E-state index contributed by atoms with van der Waals surface area (Å²) in [6.45, 7) is 9.05. The molecule has 0 radical (unpaired) electrons. The fourth-order valence-electron chi connectivity index (χ4n) is 2.00. The van der Waals surface area contributed by atoms with Gasteiger partial charge in [0.2, 0.25) is 0 Å². The molecule has 164 valence electrons. The molecular formula is C18H32BN3O7. The number of pyridine rings is 1. The van der Waals surface area contributed by atoms with Crippen LogP contribution in [0, 0.1) is 0 Å². The van der Waals surface area contributed by atoms with E-state index in [2.05, 4.69) is 15.6 Å². The zero-order valence-corrected chi connectivity index (χ0v) is 17.3. The molecule has 1 aromatic rings. The summed E-state index contributed by atoms with van der Waals surface area (Å²) in [4.78, 5) is 15.5. The molecule has 0 atom stereocenters. The maximum atomic E-state index is 11.4. The number of anilines is 1. The first kappa shape index (κ1) is 25.1. The van der Waals surface area contributed by atoms with Crippen LogP contribution in [0.5, 0.6) is 0 Å². The van der Waals surface area contributed by atoms with E-state index in [0.29, 0.717) is 64.0 Å². The summed E-state index contributed by atoms with van der Waals surface area (Å²) in [5, 5.41) is 23.7. The van der Waals surface area contributed by atoms with E-state index in [-0.39, 0.29) is 0 Å². The van der Waals surface area contributed by atoms with Crippen LogP contribution in [-0.4, -0.2) is 86.6 Å². The average molecular weight is 413 g/mol. The number of ether oxygens (including phenoxy) is 4. The van der Waals surface area contributed by atoms with Crippen molar-refractivity contribution in [2.75, 3.05) is 58.0 Å². The van der Waals surface area contributed by atoms with Crippen molar-refractivity contribution < 1.29 is 33.8 Å². The van der Waals surface area contributed by atoms with Crippen molar-refractivity contribution in [2.24, 2.45) is 0 Å². The van der Waals surface area contributed by atoms with Gasteiger partial charge in [-0.2, -0.15) is 0 Å². The smallest absolute Gasteiger partial charge is 0.444 e. The Morgan fingerprint density at radius 3 is 2.10 bits per heavy atom. The SMILES string of the molecule is CC(C)(C)OC(=O)NCCOCCOCCOCCNc1ccc(B(O)O)cn1. The summed E-state index contributed by atoms with van der Waals surface area (Å²) in [6, 6.07) is 3.26. The molecule has 0 spiro atoms. The van der Waals surface area contributed by atoms with Crippen molar-refractivity contribution in [1.29, 1.82) is 0 Å². The number of amides is 1. The van der Waals surface area contributed by atoms with E-state index in [9.17, 15) is 4.79 Å². The first-order valence-electron chi connectivity index (χ1n) is 9.54. The average Bonchev–Trinajstić information content (AvgIpc) is 2.64. The molecule has 0 bridgehead atoms. The largest absolute Gasteiger partial charge is 0.490 e. The second kappa shape index (κ2) is 14.1. The molecule has 1 amide bonds. The van der Waals surface area contributed by atoms with E-state index in [0.717, 1.165) is 0 Å². The monoisotopic (exact) mass is 413 g/mol. The molecule has 0 fully saturated rings. The highest BCUT2D eigenvalue weighted by atomic mass is 16.6. The molecule has 1 heterocycles. The van der Waals surface area contributed by atoms with Crippen molar-refractivity contribution in [1.82, 2.24) is 10.3 Å². The van der Waals surface area contributed by atoms with Crippen LogP contribution in [0.15, 0.2) is 18.3 Å². The van der Waals surface area contributed by atoms with E-state index in [1.165, 1.54) is 6.20 Å². The van der Waals surface area contributed by atoms with Gasteiger partial charge >= 0.3 is 13.2 Å². The van der Waals surface area contributed by atoms with E-state index in [4.69, 9.17) is 29.0 Å². The van der Waals surface area contributed by atoms with Gasteiger partial charge in [-0.05, 0) is 26.8 Å². The maximum absolute atomic E-state index is 11.4. The lowest BCUT2D eigenvalue weighted by Crippen LogP contribution is -2.34. The van der Waals surface area contributed by atoms with Gasteiger partial charge in [0.05, 0.1) is 39.6 Å². The zero-order chi connectivity index (χ0) is 21.5. The van der Waals surface area contributed by atoms with Gasteiger partial charge in [0.25, 0.3) is 0 Å². The standard InChI is InChI=1S/C18H32BN3O7/c1-18(2,3)29-17(23)21-7-9-27-11-13-28-12-10-26-8-6-20-16-5-4-15(14-22-16)19(24)25/h4-5,14,24-25H,6-13H2,1-3H3,(H,20,22)(H,21,23). The molecule has 11 heteroatoms. The lowest BCUT2D eigenvalue weighted by Gasteiger charge is -2.19. The second-order valence-corrected chi connectivity index (χ2v) is 7.04. The van der Waals surface area contributed by atoms with Gasteiger partial charge in [-0.1, -0.05) is 6.07 Å². The van der Waals surface area contributed by atoms with Gasteiger partial charge in [0.1, 0.15) is 11.4 Å². The van der Waals surface area contributed by atoms with Crippen molar-refractivity contribution in [3.8, 4) is 0 Å². The molecule has 10 nitrogen and oxygen atoms in total. The molecule has 0 aromatic carbocycles. The first-order chi connectivity index (χ1) is 13.8. The molecule has 0 unspecified atom stereocenters. The van der Waals surface area contributed by atoms with Crippen LogP contribution >= 0.6 is 0 Å². The molecule has 1 aromatic heterocycles. The number of carbonyl (C=O) groups excluding carboxylic acids is 1. The fourth-order valence-corrected chi connectivity index (χ4v) is 2.00. The Labute approximate surface area is 172 Å². The predicted molar refractivity (Wildman–Crippen MR) is 109 cm³/mol. The van der Waals surface area contributed by atoms with Crippen LogP contribution in [0.2, 0.25) is 0 Å². The Balaban J connectivity index is 1.86. The van der Waals surface area contributed by atoms with Crippen LogP contribution in [0.1, 0.15) is 20.8 Å². The van der Waals surface area contributed by atoms with Gasteiger partial charge in [-0.3, -0.25) is 0 Å². The molecular weight excluding hydrogens is 381 g/mol. The summed E-state index contributed by atoms with van der Waals surface area (Å²) < 4.78 is 21.3. The number of rotatable bonds is 14. The van der Waals surface area contributed by atoms with E-state index < -0.39 is 18.8 Å². The minimum atomic E-state index is -1.51. The normalized spacial score (nSPS) is 11.2. The lowest BCUT2D eigenvalue weighted by molar-refractivity contribution is 0.0157.